The van der Waals surface area contributed by atoms with E-state index in [0.717, 1.165) is 49.1 Å². The summed E-state index contributed by atoms with van der Waals surface area (Å²) in [6.07, 6.45) is 3.37. The van der Waals surface area contributed by atoms with Crippen molar-refractivity contribution in [2.75, 3.05) is 26.2 Å². The average molecular weight is 356 g/mol. The minimum Gasteiger partial charge on any atom is -0.491 e. The van der Waals surface area contributed by atoms with Crippen molar-refractivity contribution < 1.29 is 14.6 Å². The zero-order chi connectivity index (χ0) is 15.1. The molecule has 0 amide bonds. The van der Waals surface area contributed by atoms with Crippen LogP contribution in [0.3, 0.4) is 0 Å². The molecule has 1 fully saturated rings. The summed E-state index contributed by atoms with van der Waals surface area (Å²) in [5.41, 5.74) is 0. The normalized spacial score (nSPS) is 19.4. The Kier molecular flexibility index (Phi) is 6.51. The van der Waals surface area contributed by atoms with Gasteiger partial charge in [-0.3, -0.25) is 9.69 Å². The van der Waals surface area contributed by atoms with E-state index >= 15 is 0 Å². The second kappa shape index (κ2) is 8.39. The average Bonchev–Trinajstić information content (AvgIpc) is 2.48. The zero-order valence-corrected chi connectivity index (χ0v) is 13.7. The minimum atomic E-state index is -0.690. The van der Waals surface area contributed by atoms with Crippen LogP contribution in [0.15, 0.2) is 28.7 Å². The topological polar surface area (TPSA) is 49.8 Å². The van der Waals surface area contributed by atoms with Crippen molar-refractivity contribution in [3.05, 3.63) is 28.7 Å². The predicted molar refractivity (Wildman–Crippen MR) is 85.7 cm³/mol. The van der Waals surface area contributed by atoms with Gasteiger partial charge in [0.15, 0.2) is 0 Å². The Morgan fingerprint density at radius 1 is 1.43 bits per heavy atom. The summed E-state index contributed by atoms with van der Waals surface area (Å²) in [5.74, 6) is 0.694. The molecule has 0 saturated carbocycles. The fraction of sp³-hybridized carbons (Fsp3) is 0.562. The van der Waals surface area contributed by atoms with Crippen LogP contribution in [0.5, 0.6) is 5.75 Å². The van der Waals surface area contributed by atoms with Gasteiger partial charge in [0, 0.05) is 19.5 Å². The maximum absolute atomic E-state index is 10.6. The summed E-state index contributed by atoms with van der Waals surface area (Å²) in [7, 11) is 0. The molecule has 1 aromatic carbocycles. The first-order valence-corrected chi connectivity index (χ1v) is 8.26. The maximum atomic E-state index is 10.6. The highest BCUT2D eigenvalue weighted by Gasteiger charge is 2.20. The molecule has 1 heterocycles. The molecule has 5 heteroatoms. The second-order valence-corrected chi connectivity index (χ2v) is 6.37. The van der Waals surface area contributed by atoms with Gasteiger partial charge in [-0.25, -0.2) is 0 Å². The van der Waals surface area contributed by atoms with Crippen molar-refractivity contribution in [1.82, 2.24) is 4.90 Å². The predicted octanol–water partition coefficient (Wildman–Crippen LogP) is 3.40. The summed E-state index contributed by atoms with van der Waals surface area (Å²) < 4.78 is 6.77. The molecule has 0 spiro atoms. The summed E-state index contributed by atoms with van der Waals surface area (Å²) >= 11 is 3.47. The molecular formula is C16H22BrNO3. The molecule has 116 valence electrons. The molecule has 0 radical (unpaired) electrons. The lowest BCUT2D eigenvalue weighted by atomic mass is 9.93. The van der Waals surface area contributed by atoms with E-state index in [1.54, 1.807) is 0 Å². The number of hydrogen-bond acceptors (Lipinski definition) is 3. The highest BCUT2D eigenvalue weighted by molar-refractivity contribution is 9.10. The number of aliphatic carboxylic acids is 1. The van der Waals surface area contributed by atoms with Crippen LogP contribution in [0.1, 0.15) is 25.7 Å². The quantitative estimate of drug-likeness (QED) is 0.814. The lowest BCUT2D eigenvalue weighted by Crippen LogP contribution is -2.38. The number of halogens is 1. The van der Waals surface area contributed by atoms with E-state index in [4.69, 9.17) is 9.84 Å². The Labute approximate surface area is 134 Å². The first-order valence-electron chi connectivity index (χ1n) is 7.46. The van der Waals surface area contributed by atoms with Gasteiger partial charge in [-0.2, -0.15) is 0 Å². The van der Waals surface area contributed by atoms with Gasteiger partial charge in [0.1, 0.15) is 12.4 Å². The number of carboxylic acid groups (broad SMARTS) is 1. The first-order chi connectivity index (χ1) is 10.1. The standard InChI is InChI=1S/C16H22BrNO3/c17-14-5-1-2-6-15(14)21-11-10-18-9-3-4-13(12-18)7-8-16(19)20/h1-2,5-6,13H,3-4,7-12H2,(H,19,20). The molecule has 1 saturated heterocycles. The third-order valence-corrected chi connectivity index (χ3v) is 4.53. The Hall–Kier alpha value is -1.07. The molecule has 1 atom stereocenters. The largest absolute Gasteiger partial charge is 0.491 e. The van der Waals surface area contributed by atoms with E-state index in [2.05, 4.69) is 20.8 Å². The van der Waals surface area contributed by atoms with Gasteiger partial charge in [-0.05, 0) is 59.8 Å². The number of piperidine rings is 1. The molecular weight excluding hydrogens is 334 g/mol. The Bertz CT molecular complexity index is 467. The Balaban J connectivity index is 1.70. The van der Waals surface area contributed by atoms with Gasteiger partial charge >= 0.3 is 5.97 Å². The van der Waals surface area contributed by atoms with E-state index < -0.39 is 5.97 Å². The summed E-state index contributed by atoms with van der Waals surface area (Å²) in [6, 6.07) is 7.85. The lowest BCUT2D eigenvalue weighted by Gasteiger charge is -2.32. The molecule has 1 aliphatic rings. The van der Waals surface area contributed by atoms with Gasteiger partial charge in [0.25, 0.3) is 0 Å². The van der Waals surface area contributed by atoms with Crippen LogP contribution in [0.25, 0.3) is 0 Å². The molecule has 4 nitrogen and oxygen atoms in total. The van der Waals surface area contributed by atoms with Gasteiger partial charge in [0.05, 0.1) is 4.47 Å². The molecule has 1 aromatic rings. The van der Waals surface area contributed by atoms with Crippen LogP contribution in [-0.2, 0) is 4.79 Å². The van der Waals surface area contributed by atoms with E-state index in [0.29, 0.717) is 12.5 Å². The molecule has 0 aliphatic carbocycles. The van der Waals surface area contributed by atoms with Crippen LogP contribution >= 0.6 is 15.9 Å². The summed E-state index contributed by atoms with van der Waals surface area (Å²) in [5, 5.41) is 8.77. The number of nitrogens with zero attached hydrogens (tertiary/aromatic N) is 1. The number of likely N-dealkylation sites (tertiary alicyclic amines) is 1. The third-order valence-electron chi connectivity index (χ3n) is 3.87. The van der Waals surface area contributed by atoms with Gasteiger partial charge in [-0.15, -0.1) is 0 Å². The minimum absolute atomic E-state index is 0.284. The van der Waals surface area contributed by atoms with Crippen molar-refractivity contribution in [1.29, 1.82) is 0 Å². The third kappa shape index (κ3) is 5.67. The number of para-hydroxylation sites is 1. The van der Waals surface area contributed by atoms with Crippen LogP contribution in [0, 0.1) is 5.92 Å². The maximum Gasteiger partial charge on any atom is 0.303 e. The number of carboxylic acids is 1. The van der Waals surface area contributed by atoms with Crippen LogP contribution in [0.2, 0.25) is 0 Å². The van der Waals surface area contributed by atoms with Crippen LogP contribution < -0.4 is 4.74 Å². The fourth-order valence-electron chi connectivity index (χ4n) is 2.76. The molecule has 2 rings (SSSR count). The van der Waals surface area contributed by atoms with Crippen molar-refractivity contribution in [3.8, 4) is 5.75 Å². The fourth-order valence-corrected chi connectivity index (χ4v) is 3.16. The van der Waals surface area contributed by atoms with Gasteiger partial charge in [0.2, 0.25) is 0 Å². The number of benzene rings is 1. The van der Waals surface area contributed by atoms with E-state index in [1.165, 1.54) is 0 Å². The van der Waals surface area contributed by atoms with Crippen LogP contribution in [0.4, 0.5) is 0 Å². The van der Waals surface area contributed by atoms with Crippen LogP contribution in [-0.4, -0.2) is 42.2 Å². The highest BCUT2D eigenvalue weighted by atomic mass is 79.9. The molecule has 1 unspecified atom stereocenters. The van der Waals surface area contributed by atoms with Crippen molar-refractivity contribution in [2.45, 2.75) is 25.7 Å². The zero-order valence-electron chi connectivity index (χ0n) is 12.1. The SMILES string of the molecule is O=C(O)CCC1CCCN(CCOc2ccccc2Br)C1. The number of carbonyl (C=O) groups is 1. The summed E-state index contributed by atoms with van der Waals surface area (Å²) in [6.45, 7) is 3.63. The molecule has 1 N–H and O–H groups in total. The molecule has 0 bridgehead atoms. The molecule has 21 heavy (non-hydrogen) atoms. The Morgan fingerprint density at radius 2 is 2.24 bits per heavy atom. The lowest BCUT2D eigenvalue weighted by molar-refractivity contribution is -0.137. The smallest absolute Gasteiger partial charge is 0.303 e. The monoisotopic (exact) mass is 355 g/mol. The van der Waals surface area contributed by atoms with Gasteiger partial charge < -0.3 is 9.84 Å². The van der Waals surface area contributed by atoms with E-state index in [1.807, 2.05) is 24.3 Å². The number of hydrogen-bond donors (Lipinski definition) is 1. The van der Waals surface area contributed by atoms with E-state index in [-0.39, 0.29) is 6.42 Å². The van der Waals surface area contributed by atoms with Crippen molar-refractivity contribution in [2.24, 2.45) is 5.92 Å². The molecule has 1 aliphatic heterocycles. The van der Waals surface area contributed by atoms with Gasteiger partial charge in [-0.1, -0.05) is 12.1 Å². The highest BCUT2D eigenvalue weighted by Crippen LogP contribution is 2.24. The number of rotatable bonds is 7. The Morgan fingerprint density at radius 3 is 3.00 bits per heavy atom. The number of ether oxygens (including phenoxy) is 1. The van der Waals surface area contributed by atoms with E-state index in [9.17, 15) is 4.79 Å². The summed E-state index contributed by atoms with van der Waals surface area (Å²) in [4.78, 5) is 13.0. The second-order valence-electron chi connectivity index (χ2n) is 5.52. The van der Waals surface area contributed by atoms with Crippen molar-refractivity contribution in [3.63, 3.8) is 0 Å². The van der Waals surface area contributed by atoms with Crippen molar-refractivity contribution >= 4 is 21.9 Å². The first kappa shape index (κ1) is 16.3. The molecule has 0 aromatic heterocycles.